The van der Waals surface area contributed by atoms with Gasteiger partial charge in [0.05, 0.1) is 77.6 Å². The molecule has 43 heavy (non-hydrogen) atoms. The van der Waals surface area contributed by atoms with Gasteiger partial charge in [0.15, 0.2) is 0 Å². The number of hydrogen-bond acceptors (Lipinski definition) is 10. The number of fused-ring (bicyclic) bond motifs is 2. The first kappa shape index (κ1) is 31.6. The molecule has 0 aliphatic rings. The van der Waals surface area contributed by atoms with Crippen LogP contribution in [-0.4, -0.2) is 78.0 Å². The van der Waals surface area contributed by atoms with E-state index in [-0.39, 0.29) is 24.5 Å². The first-order valence-electron chi connectivity index (χ1n) is 13.8. The van der Waals surface area contributed by atoms with E-state index in [4.69, 9.17) is 33.2 Å². The van der Waals surface area contributed by atoms with Gasteiger partial charge in [0.1, 0.15) is 18.1 Å². The number of non-ortho nitro benzene ring substituents is 1. The van der Waals surface area contributed by atoms with Gasteiger partial charge < -0.3 is 33.2 Å². The average Bonchev–Trinajstić information content (AvgIpc) is 3.03. The van der Waals surface area contributed by atoms with E-state index in [0.717, 1.165) is 38.6 Å². The van der Waals surface area contributed by atoms with Gasteiger partial charge in [-0.25, -0.2) is 4.79 Å². The number of carbonyl (C=O) groups excluding carboxylic acids is 1. The molecule has 0 aliphatic heterocycles. The molecule has 0 atom stereocenters. The zero-order valence-corrected chi connectivity index (χ0v) is 24.2. The molecule has 0 bridgehead atoms. The van der Waals surface area contributed by atoms with E-state index in [1.165, 1.54) is 24.3 Å². The molecule has 0 aliphatic carbocycles. The van der Waals surface area contributed by atoms with Crippen molar-refractivity contribution < 1.29 is 42.9 Å². The van der Waals surface area contributed by atoms with Crippen LogP contribution in [0.4, 0.5) is 5.69 Å². The van der Waals surface area contributed by atoms with E-state index in [2.05, 4.69) is 6.07 Å². The van der Waals surface area contributed by atoms with Crippen LogP contribution in [0.15, 0.2) is 66.7 Å². The fourth-order valence-corrected chi connectivity index (χ4v) is 4.52. The van der Waals surface area contributed by atoms with E-state index >= 15 is 0 Å². The molecule has 4 aromatic carbocycles. The number of nitro benzene ring substituents is 1. The van der Waals surface area contributed by atoms with Gasteiger partial charge in [-0.3, -0.25) is 10.1 Å². The standard InChI is InChI=1S/C32H35NO10/c1-37-30-26-5-3-4-6-27(26)31(38-2)29-21-23(7-12-28(29)30)22-42-18-17-40-14-13-39-15-16-41-19-20-43-32(34)24-8-10-25(11-9-24)33(35)36/h3-12,21H,13-20,22H2,1-2H3. The SMILES string of the molecule is COc1c2ccccc2c(OC)c2cc(COCCOCCOCCOCCOC(=O)c3ccc([N+](=O)[O-])cc3)ccc12. The monoisotopic (exact) mass is 593 g/mol. The summed E-state index contributed by atoms with van der Waals surface area (Å²) in [6.45, 7) is 3.16. The van der Waals surface area contributed by atoms with Crippen molar-refractivity contribution in [3.05, 3.63) is 88.0 Å². The molecule has 0 radical (unpaired) electrons. The predicted molar refractivity (Wildman–Crippen MR) is 160 cm³/mol. The first-order valence-corrected chi connectivity index (χ1v) is 13.8. The zero-order valence-electron chi connectivity index (χ0n) is 24.2. The molecule has 0 fully saturated rings. The van der Waals surface area contributed by atoms with Crippen LogP contribution in [0.2, 0.25) is 0 Å². The van der Waals surface area contributed by atoms with E-state index in [1.54, 1.807) is 14.2 Å². The van der Waals surface area contributed by atoms with Crippen molar-refractivity contribution in [2.24, 2.45) is 0 Å². The van der Waals surface area contributed by atoms with Crippen LogP contribution in [0.1, 0.15) is 15.9 Å². The normalized spacial score (nSPS) is 11.1. The average molecular weight is 594 g/mol. The second-order valence-corrected chi connectivity index (χ2v) is 9.32. The molecule has 0 saturated carbocycles. The number of ether oxygens (including phenoxy) is 7. The first-order chi connectivity index (χ1) is 21.0. The van der Waals surface area contributed by atoms with Gasteiger partial charge in [-0.2, -0.15) is 0 Å². The van der Waals surface area contributed by atoms with Crippen LogP contribution in [0, 0.1) is 10.1 Å². The molecule has 228 valence electrons. The lowest BCUT2D eigenvalue weighted by Gasteiger charge is -2.16. The van der Waals surface area contributed by atoms with Gasteiger partial charge in [-0.1, -0.05) is 36.4 Å². The third kappa shape index (κ3) is 8.62. The minimum Gasteiger partial charge on any atom is -0.495 e. The highest BCUT2D eigenvalue weighted by atomic mass is 16.6. The highest BCUT2D eigenvalue weighted by Crippen LogP contribution is 2.42. The number of nitrogens with zero attached hydrogens (tertiary/aromatic N) is 1. The van der Waals surface area contributed by atoms with Gasteiger partial charge >= 0.3 is 5.97 Å². The van der Waals surface area contributed by atoms with Crippen LogP contribution in [-0.2, 0) is 30.3 Å². The third-order valence-electron chi connectivity index (χ3n) is 6.56. The maximum atomic E-state index is 11.9. The Kier molecular flexibility index (Phi) is 12.0. The molecule has 4 aromatic rings. The number of hydrogen-bond donors (Lipinski definition) is 0. The van der Waals surface area contributed by atoms with Crippen LogP contribution in [0.3, 0.4) is 0 Å². The second kappa shape index (κ2) is 16.4. The van der Waals surface area contributed by atoms with Gasteiger partial charge in [0.25, 0.3) is 5.69 Å². The summed E-state index contributed by atoms with van der Waals surface area (Å²) in [6, 6.07) is 19.4. The summed E-state index contributed by atoms with van der Waals surface area (Å²) < 4.78 is 38.8. The van der Waals surface area contributed by atoms with Crippen LogP contribution >= 0.6 is 0 Å². The van der Waals surface area contributed by atoms with E-state index < -0.39 is 10.9 Å². The molecule has 0 amide bonds. The van der Waals surface area contributed by atoms with Gasteiger partial charge in [0, 0.05) is 33.7 Å². The van der Waals surface area contributed by atoms with Crippen LogP contribution in [0.25, 0.3) is 21.5 Å². The summed E-state index contributed by atoms with van der Waals surface area (Å²) in [5.41, 5.74) is 1.17. The lowest BCUT2D eigenvalue weighted by Crippen LogP contribution is -2.14. The Bertz CT molecular complexity index is 1510. The Morgan fingerprint density at radius 1 is 0.651 bits per heavy atom. The quantitative estimate of drug-likeness (QED) is 0.0491. The largest absolute Gasteiger partial charge is 0.495 e. The predicted octanol–water partition coefficient (Wildman–Crippen LogP) is 5.34. The van der Waals surface area contributed by atoms with Crippen molar-refractivity contribution in [1.29, 1.82) is 0 Å². The Morgan fingerprint density at radius 3 is 1.72 bits per heavy atom. The number of esters is 1. The highest BCUT2D eigenvalue weighted by molar-refractivity contribution is 6.11. The smallest absolute Gasteiger partial charge is 0.338 e. The Labute approximate surface area is 249 Å². The summed E-state index contributed by atoms with van der Waals surface area (Å²) in [4.78, 5) is 22.1. The molecule has 0 spiro atoms. The molecule has 11 nitrogen and oxygen atoms in total. The molecular formula is C32H35NO10. The molecule has 11 heteroatoms. The topological polar surface area (TPSA) is 125 Å². The van der Waals surface area contributed by atoms with Gasteiger partial charge in [-0.15, -0.1) is 0 Å². The summed E-state index contributed by atoms with van der Waals surface area (Å²) in [5, 5.41) is 14.6. The van der Waals surface area contributed by atoms with Crippen molar-refractivity contribution in [2.75, 3.05) is 67.1 Å². The van der Waals surface area contributed by atoms with Gasteiger partial charge in [-0.05, 0) is 23.8 Å². The number of carbonyl (C=O) groups is 1. The number of benzene rings is 4. The minimum atomic E-state index is -0.567. The maximum absolute atomic E-state index is 11.9. The molecule has 0 saturated heterocycles. The van der Waals surface area contributed by atoms with E-state index in [9.17, 15) is 14.9 Å². The molecular weight excluding hydrogens is 558 g/mol. The number of rotatable bonds is 18. The fraction of sp³-hybridized carbons (Fsp3) is 0.344. The third-order valence-corrected chi connectivity index (χ3v) is 6.56. The zero-order chi connectivity index (χ0) is 30.4. The lowest BCUT2D eigenvalue weighted by atomic mass is 9.99. The molecule has 0 heterocycles. The van der Waals surface area contributed by atoms with Gasteiger partial charge in [0.2, 0.25) is 0 Å². The molecule has 4 rings (SSSR count). The molecule has 0 aromatic heterocycles. The van der Waals surface area contributed by atoms with Crippen LogP contribution < -0.4 is 9.47 Å². The van der Waals surface area contributed by atoms with Crippen molar-refractivity contribution >= 4 is 33.2 Å². The van der Waals surface area contributed by atoms with E-state index in [1.807, 2.05) is 36.4 Å². The molecule has 0 N–H and O–H groups in total. The summed E-state index contributed by atoms with van der Waals surface area (Å²) in [7, 11) is 3.36. The van der Waals surface area contributed by atoms with Crippen molar-refractivity contribution in [3.63, 3.8) is 0 Å². The molecule has 0 unspecified atom stereocenters. The van der Waals surface area contributed by atoms with Crippen LogP contribution in [0.5, 0.6) is 11.5 Å². The summed E-state index contributed by atoms with van der Waals surface area (Å²) >= 11 is 0. The van der Waals surface area contributed by atoms with Crippen molar-refractivity contribution in [3.8, 4) is 11.5 Å². The second-order valence-electron chi connectivity index (χ2n) is 9.32. The summed E-state index contributed by atoms with van der Waals surface area (Å²) in [5.74, 6) is 1.07. The van der Waals surface area contributed by atoms with E-state index in [0.29, 0.717) is 46.2 Å². The Hall–Kier alpha value is -4.29. The Morgan fingerprint density at radius 2 is 1.16 bits per heavy atom. The summed E-state index contributed by atoms with van der Waals surface area (Å²) in [6.07, 6.45) is 0. The fourth-order valence-electron chi connectivity index (χ4n) is 4.52. The minimum absolute atomic E-state index is 0.0663. The maximum Gasteiger partial charge on any atom is 0.338 e. The lowest BCUT2D eigenvalue weighted by molar-refractivity contribution is -0.384. The highest BCUT2D eigenvalue weighted by Gasteiger charge is 2.15. The van der Waals surface area contributed by atoms with Crippen molar-refractivity contribution in [2.45, 2.75) is 6.61 Å². The number of nitro groups is 1. The Balaban J connectivity index is 1.05. The number of methoxy groups -OCH3 is 2. The van der Waals surface area contributed by atoms with Crippen molar-refractivity contribution in [1.82, 2.24) is 0 Å².